The van der Waals surface area contributed by atoms with E-state index in [0.29, 0.717) is 0 Å². The maximum Gasteiger partial charge on any atom is 0.217 e. The van der Waals surface area contributed by atoms with Crippen LogP contribution in [0, 0.1) is 0 Å². The number of aliphatic hydroxyl groups excluding tert-OH is 30. The summed E-state index contributed by atoms with van der Waals surface area (Å²) in [5, 5.41) is 348. The Morgan fingerprint density at radius 1 is 0.211 bits per heavy atom. The first-order chi connectivity index (χ1) is 62.9. The van der Waals surface area contributed by atoms with Crippen LogP contribution in [-0.2, 0) is 119 Å². The molecule has 59 heteroatoms. The van der Waals surface area contributed by atoms with Crippen LogP contribution in [0.3, 0.4) is 0 Å². The molecule has 4 amide bonds. The van der Waals surface area contributed by atoms with Crippen LogP contribution in [0.4, 0.5) is 0 Å². The third-order valence-corrected chi connectivity index (χ3v) is 24.5. The van der Waals surface area contributed by atoms with Crippen molar-refractivity contribution in [2.45, 2.75) is 372 Å². The molecular weight excluding hydrogens is 1820 g/mol. The second-order valence-corrected chi connectivity index (χ2v) is 33.8. The van der Waals surface area contributed by atoms with Gasteiger partial charge in [0.05, 0.1) is 72.2 Å². The summed E-state index contributed by atoms with van der Waals surface area (Å²) in [5.41, 5.74) is 0. The second-order valence-electron chi connectivity index (χ2n) is 33.8. The van der Waals surface area contributed by atoms with E-state index >= 15 is 0 Å². The van der Waals surface area contributed by atoms with Gasteiger partial charge in [-0.15, -0.1) is 0 Å². The number of aliphatic hydroxyl groups is 30. The van der Waals surface area contributed by atoms with Crippen LogP contribution in [0.1, 0.15) is 34.6 Å². The van der Waals surface area contributed by atoms with Gasteiger partial charge in [-0.3, -0.25) is 19.2 Å². The largest absolute Gasteiger partial charge is 0.394 e. The highest BCUT2D eigenvalue weighted by Gasteiger charge is 2.63. The van der Waals surface area contributed by atoms with Gasteiger partial charge in [0.1, 0.15) is 262 Å². The third-order valence-electron chi connectivity index (χ3n) is 24.5. The van der Waals surface area contributed by atoms with Crippen LogP contribution in [0.25, 0.3) is 0 Å². The molecule has 0 aromatic heterocycles. The van der Waals surface area contributed by atoms with Crippen LogP contribution in [0.15, 0.2) is 0 Å². The van der Waals surface area contributed by atoms with Crippen LogP contribution >= 0.6 is 0 Å². The number of carbonyl (C=O) groups is 4. The van der Waals surface area contributed by atoms with E-state index in [-0.39, 0.29) is 0 Å². The SMILES string of the molecule is CC(=O)N[C@H]1[C@H](O[C@H]2[C@H](O)[C@H](O[C@@H]3O[C@H](CO)[C@@H](O[C@@H]4O[C@H](CO)[C@H](O)[C@H](O)[C@H]4O)[C@H](O[C@@H]4O[C@@H](C)[C@@H](O)[C@@H](O)[C@@H]4O)[C@H]3NC(C)=O)[C@@H](O[C@@H]3[C@H](O)[C@H](O[C@H]4[C@H](O)[C@@H](NC(C)=O)[C@H](O[C@H]5[C@H](O)[C@@H](NC(C)=O)C(O)O[C@@H]5CO)O[C@@H]4CO)O[C@H](CO[C@H]4O[C@H](CO[C@H]5O[C@H](CO)[C@@H](O)[C@H](O)[C@@H]5O)[C@@H](O)[C@H](O[C@H]5O[C@H](CO)[C@@H](O)[C@H](O)[C@@H]5O)[C@@H]4O)[C@H]3O)O[C@@H]2CO)O[C@H](CO)[C@@H](O)[C@H]1O. The molecule has 0 aromatic rings. The van der Waals surface area contributed by atoms with Crippen molar-refractivity contribution in [1.29, 1.82) is 0 Å². The van der Waals surface area contributed by atoms with Crippen molar-refractivity contribution in [1.82, 2.24) is 21.3 Å². The fraction of sp³-hybridized carbons (Fsp3) is 0.946. The van der Waals surface area contributed by atoms with Gasteiger partial charge in [-0.05, 0) is 6.92 Å². The minimum Gasteiger partial charge on any atom is -0.394 e. The number of rotatable bonds is 34. The molecule has 11 aliphatic rings. The zero-order valence-corrected chi connectivity index (χ0v) is 71.4. The molecule has 0 spiro atoms. The van der Waals surface area contributed by atoms with Crippen LogP contribution < -0.4 is 21.3 Å². The Kier molecular flexibility index (Phi) is 39.1. The molecule has 11 fully saturated rings. The minimum absolute atomic E-state index is 0.828. The molecule has 133 heavy (non-hydrogen) atoms. The fourth-order valence-electron chi connectivity index (χ4n) is 17.3. The molecule has 11 heterocycles. The van der Waals surface area contributed by atoms with Crippen molar-refractivity contribution in [3.05, 3.63) is 0 Å². The summed E-state index contributed by atoms with van der Waals surface area (Å²) in [4.78, 5) is 52.2. The minimum atomic E-state index is -2.76. The van der Waals surface area contributed by atoms with E-state index in [9.17, 15) is 172 Å². The van der Waals surface area contributed by atoms with Crippen molar-refractivity contribution in [3.8, 4) is 0 Å². The van der Waals surface area contributed by atoms with Gasteiger partial charge in [0.2, 0.25) is 23.6 Å². The van der Waals surface area contributed by atoms with Crippen LogP contribution in [0.2, 0.25) is 0 Å². The normalized spacial score (nSPS) is 50.1. The van der Waals surface area contributed by atoms with E-state index in [4.69, 9.17) is 99.5 Å². The number of carbonyl (C=O) groups excluding carboxylic acids is 4. The Balaban J connectivity index is 1.01. The average molecular weight is 1950 g/mol. The van der Waals surface area contributed by atoms with E-state index in [1.807, 2.05) is 0 Å². The fourth-order valence-corrected chi connectivity index (χ4v) is 17.3. The predicted molar refractivity (Wildman–Crippen MR) is 407 cm³/mol. The Labute approximate surface area is 752 Å². The number of hydrogen-bond donors (Lipinski definition) is 34. The molecule has 1 unspecified atom stereocenters. The van der Waals surface area contributed by atoms with Crippen LogP contribution in [0.5, 0.6) is 0 Å². The van der Waals surface area contributed by atoms with Crippen molar-refractivity contribution >= 4 is 23.6 Å². The van der Waals surface area contributed by atoms with Gasteiger partial charge in [0.15, 0.2) is 69.2 Å². The van der Waals surface area contributed by atoms with Gasteiger partial charge < -0.3 is 274 Å². The summed E-state index contributed by atoms with van der Waals surface area (Å²) in [6, 6.07) is -7.85. The van der Waals surface area contributed by atoms with Gasteiger partial charge in [-0.1, -0.05) is 0 Å². The lowest BCUT2D eigenvalue weighted by atomic mass is 9.93. The highest BCUT2D eigenvalue weighted by molar-refractivity contribution is 5.74. The Morgan fingerprint density at radius 2 is 0.474 bits per heavy atom. The number of amides is 4. The van der Waals surface area contributed by atoms with E-state index in [2.05, 4.69) is 21.3 Å². The third kappa shape index (κ3) is 24.1. The lowest BCUT2D eigenvalue weighted by Crippen LogP contribution is -2.72. The lowest BCUT2D eigenvalue weighted by molar-refractivity contribution is -0.409. The first-order valence-corrected chi connectivity index (χ1v) is 42.5. The number of nitrogens with one attached hydrogen (secondary N) is 4. The molecule has 59 nitrogen and oxygen atoms in total. The van der Waals surface area contributed by atoms with Crippen molar-refractivity contribution in [2.24, 2.45) is 0 Å². The van der Waals surface area contributed by atoms with Gasteiger partial charge in [-0.25, -0.2) is 0 Å². The van der Waals surface area contributed by atoms with Gasteiger partial charge >= 0.3 is 0 Å². The summed E-state index contributed by atoms with van der Waals surface area (Å²) in [5.74, 6) is -3.89. The molecule has 11 rings (SSSR count). The van der Waals surface area contributed by atoms with Gasteiger partial charge in [0.25, 0.3) is 0 Å². The molecule has 0 aromatic carbocycles. The summed E-state index contributed by atoms with van der Waals surface area (Å²) < 4.78 is 127. The maximum atomic E-state index is 13.9. The Morgan fingerprint density at radius 3 is 0.925 bits per heavy atom. The second kappa shape index (κ2) is 47.6. The van der Waals surface area contributed by atoms with E-state index in [1.54, 1.807) is 0 Å². The molecule has 34 N–H and O–H groups in total. The molecule has 0 aliphatic carbocycles. The smallest absolute Gasteiger partial charge is 0.217 e. The highest BCUT2D eigenvalue weighted by atomic mass is 16.8. The molecule has 770 valence electrons. The molecule has 0 saturated carbocycles. The zero-order valence-electron chi connectivity index (χ0n) is 71.4. The zero-order chi connectivity index (χ0) is 97.8. The van der Waals surface area contributed by atoms with Gasteiger partial charge in [0, 0.05) is 27.7 Å². The lowest BCUT2D eigenvalue weighted by Gasteiger charge is -2.53. The van der Waals surface area contributed by atoms with Gasteiger partial charge in [-0.2, -0.15) is 0 Å². The first kappa shape index (κ1) is 109. The molecule has 11 aliphatic heterocycles. The summed E-state index contributed by atoms with van der Waals surface area (Å²) in [7, 11) is 0. The summed E-state index contributed by atoms with van der Waals surface area (Å²) in [6.07, 6.45) is -111. The maximum absolute atomic E-state index is 13.9. The Hall–Kier alpha value is -4.16. The van der Waals surface area contributed by atoms with E-state index in [0.717, 1.165) is 27.7 Å². The first-order valence-electron chi connectivity index (χ1n) is 42.5. The Bertz CT molecular complexity index is 3630. The van der Waals surface area contributed by atoms with E-state index < -0.39 is 427 Å². The quantitative estimate of drug-likeness (QED) is 0.0284. The topological polar surface area (TPSA) is 917 Å². The monoisotopic (exact) mass is 1950 g/mol. The molecule has 55 atom stereocenters. The molecular formula is C74H124N4O55. The number of ether oxygens (including phenoxy) is 21. The predicted octanol–water partition coefficient (Wildman–Crippen LogP) is -23.4. The standard InChI is InChI=1S/C74H124N4O55/c1-16-35(91)45(101)50(106)70(115-16)130-60-34(78-20(5)90)67(122-28(13-86)59(60)129-71-51(107)47(103)38(94)23(8-81)119-71)133-63-53(109)58(127-65-32(76-18(3)88)42(98)36(92)21(6-79)117-65)27(12-85)123-74(63)132-62-41(97)30(125-73(55(62)111)128-57-26(11-84)121-66(33(44(57)100)77-19(4)89)126-56-25(10-83)116-64(112)31(43(56)99)75-17(2)87)15-114-69-54(110)61(131-72-52(108)48(104)39(95)24(9-82)120-72)40(96)29(124-69)14-113-68-49(105)46(102)37(93)22(7-80)118-68/h16,21-74,79-86,91-112H,6-15H2,1-5H3,(H,75,87)(H,76,88)(H,77,89)(H,78,90)/t16-,21+,22+,23+,24+,25+,26+,27+,28+,29+,30+,31+,32+,33+,34+,35+,36+,37+,38-,39+,40+,41+,42-,43+,44+,45+,46-,47-,48-,49-,50-,51+,52-,53-,54-,55-,56+,57+,58+,59+,60+,61-,62-,63-,64?,65-,66-,67-,68-,69-,70-,71-,72+,73-,74+/m0/s1. The van der Waals surface area contributed by atoms with Crippen molar-refractivity contribution in [3.63, 3.8) is 0 Å². The van der Waals surface area contributed by atoms with Crippen LogP contribution in [-0.4, -0.2) is 580 Å². The highest BCUT2D eigenvalue weighted by Crippen LogP contribution is 2.42. The summed E-state index contributed by atoms with van der Waals surface area (Å²) in [6.45, 7) is -6.83. The number of hydrogen-bond acceptors (Lipinski definition) is 55. The molecule has 11 saturated heterocycles. The van der Waals surface area contributed by atoms with Crippen molar-refractivity contribution < 1.29 is 272 Å². The summed E-state index contributed by atoms with van der Waals surface area (Å²) >= 11 is 0. The van der Waals surface area contributed by atoms with Crippen molar-refractivity contribution in [2.75, 3.05) is 66.1 Å². The van der Waals surface area contributed by atoms with E-state index in [1.165, 1.54) is 6.92 Å². The molecule has 0 bridgehead atoms. The average Bonchev–Trinajstić information content (AvgIpc) is 0.756. The molecule has 0 radical (unpaired) electrons.